The predicted molar refractivity (Wildman–Crippen MR) is 116 cm³/mol. The van der Waals surface area contributed by atoms with Gasteiger partial charge in [-0.1, -0.05) is 85.0 Å². The molecule has 1 amide bonds. The van der Waals surface area contributed by atoms with E-state index in [0.29, 0.717) is 12.5 Å². The molecule has 0 rings (SSSR count). The van der Waals surface area contributed by atoms with Gasteiger partial charge in [0.05, 0.1) is 0 Å². The summed E-state index contributed by atoms with van der Waals surface area (Å²) in [7, 11) is 0. The number of carbonyl (C=O) groups excluding carboxylic acids is 1. The molecule has 26 heavy (non-hydrogen) atoms. The third kappa shape index (κ3) is 16.9. The fourth-order valence-corrected chi connectivity index (χ4v) is 3.53. The van der Waals surface area contributed by atoms with Gasteiger partial charge in [-0.15, -0.1) is 0 Å². The zero-order valence-electron chi connectivity index (χ0n) is 18.5. The van der Waals surface area contributed by atoms with Crippen molar-refractivity contribution in [2.24, 2.45) is 0 Å². The highest BCUT2D eigenvalue weighted by atomic mass is 16.1. The number of amides is 1. The Kier molecular flexibility index (Phi) is 18.8. The van der Waals surface area contributed by atoms with E-state index in [1.165, 1.54) is 70.6 Å². The zero-order chi connectivity index (χ0) is 19.5. The third-order valence-electron chi connectivity index (χ3n) is 5.42. The van der Waals surface area contributed by atoms with Crippen LogP contribution in [0.3, 0.4) is 0 Å². The number of unbranched alkanes of at least 4 members (excludes halogenated alkanes) is 10. The van der Waals surface area contributed by atoms with Crippen LogP contribution in [0.2, 0.25) is 0 Å². The van der Waals surface area contributed by atoms with Gasteiger partial charge in [0.15, 0.2) is 0 Å². The van der Waals surface area contributed by atoms with Crippen LogP contribution in [-0.2, 0) is 4.79 Å². The van der Waals surface area contributed by atoms with Gasteiger partial charge < -0.3 is 10.2 Å². The number of carbonyl (C=O) groups is 1. The summed E-state index contributed by atoms with van der Waals surface area (Å²) < 4.78 is 0. The Morgan fingerprint density at radius 1 is 0.769 bits per heavy atom. The Morgan fingerprint density at radius 3 is 1.77 bits per heavy atom. The second-order valence-corrected chi connectivity index (χ2v) is 7.92. The number of hydrogen-bond acceptors (Lipinski definition) is 2. The lowest BCUT2D eigenvalue weighted by molar-refractivity contribution is -0.121. The molecule has 1 atom stereocenters. The Balaban J connectivity index is 3.40. The Hall–Kier alpha value is -0.570. The molecule has 0 aromatic heterocycles. The van der Waals surface area contributed by atoms with E-state index in [4.69, 9.17) is 0 Å². The summed E-state index contributed by atoms with van der Waals surface area (Å²) in [6.45, 7) is 12.2. The molecule has 0 spiro atoms. The van der Waals surface area contributed by atoms with Crippen LogP contribution in [0, 0.1) is 0 Å². The predicted octanol–water partition coefficient (Wildman–Crippen LogP) is 6.31. The van der Waals surface area contributed by atoms with E-state index < -0.39 is 0 Å². The molecule has 1 unspecified atom stereocenters. The second kappa shape index (κ2) is 19.2. The molecule has 0 bridgehead atoms. The molecule has 0 heterocycles. The van der Waals surface area contributed by atoms with E-state index >= 15 is 0 Å². The Labute approximate surface area is 164 Å². The van der Waals surface area contributed by atoms with Crippen molar-refractivity contribution < 1.29 is 4.79 Å². The minimum atomic E-state index is 0.247. The van der Waals surface area contributed by atoms with Gasteiger partial charge in [-0.3, -0.25) is 4.79 Å². The van der Waals surface area contributed by atoms with Crippen LogP contribution < -0.4 is 5.32 Å². The SMILES string of the molecule is CCCCCCCCCCCCCC(=O)NC(C)CCCN(CC)CC. The topological polar surface area (TPSA) is 32.3 Å². The van der Waals surface area contributed by atoms with Crippen molar-refractivity contribution in [3.05, 3.63) is 0 Å². The van der Waals surface area contributed by atoms with Crippen LogP contribution in [0.15, 0.2) is 0 Å². The van der Waals surface area contributed by atoms with Crippen LogP contribution >= 0.6 is 0 Å². The molecule has 0 saturated heterocycles. The van der Waals surface area contributed by atoms with E-state index in [-0.39, 0.29) is 5.91 Å². The van der Waals surface area contributed by atoms with E-state index in [0.717, 1.165) is 32.5 Å². The van der Waals surface area contributed by atoms with Crippen molar-refractivity contribution in [2.75, 3.05) is 19.6 Å². The standard InChI is InChI=1S/C23H48N2O/c1-5-8-9-10-11-12-13-14-15-16-17-20-23(26)24-22(4)19-18-21-25(6-2)7-3/h22H,5-21H2,1-4H3,(H,24,26). The van der Waals surface area contributed by atoms with Gasteiger partial charge >= 0.3 is 0 Å². The van der Waals surface area contributed by atoms with E-state index in [2.05, 4.69) is 37.9 Å². The molecule has 0 radical (unpaired) electrons. The number of hydrogen-bond donors (Lipinski definition) is 1. The second-order valence-electron chi connectivity index (χ2n) is 7.92. The molecular formula is C23H48N2O. The summed E-state index contributed by atoms with van der Waals surface area (Å²) in [5, 5.41) is 3.17. The van der Waals surface area contributed by atoms with Crippen LogP contribution in [0.4, 0.5) is 0 Å². The zero-order valence-corrected chi connectivity index (χ0v) is 18.5. The van der Waals surface area contributed by atoms with E-state index in [1.807, 2.05) is 0 Å². The molecule has 1 N–H and O–H groups in total. The summed E-state index contributed by atoms with van der Waals surface area (Å²) in [5.41, 5.74) is 0. The van der Waals surface area contributed by atoms with Crippen molar-refractivity contribution in [1.82, 2.24) is 10.2 Å². The van der Waals surface area contributed by atoms with Crippen molar-refractivity contribution in [3.8, 4) is 0 Å². The molecular weight excluding hydrogens is 320 g/mol. The van der Waals surface area contributed by atoms with Gasteiger partial charge in [-0.05, 0) is 45.8 Å². The molecule has 156 valence electrons. The minimum Gasteiger partial charge on any atom is -0.354 e. The smallest absolute Gasteiger partial charge is 0.220 e. The Morgan fingerprint density at radius 2 is 1.27 bits per heavy atom. The largest absolute Gasteiger partial charge is 0.354 e. The average Bonchev–Trinajstić information content (AvgIpc) is 2.63. The van der Waals surface area contributed by atoms with Gasteiger partial charge in [0.2, 0.25) is 5.91 Å². The van der Waals surface area contributed by atoms with Gasteiger partial charge in [0, 0.05) is 12.5 Å². The summed E-state index contributed by atoms with van der Waals surface area (Å²) in [6, 6.07) is 0.311. The van der Waals surface area contributed by atoms with E-state index in [9.17, 15) is 4.79 Å². The molecule has 0 fully saturated rings. The van der Waals surface area contributed by atoms with Crippen LogP contribution in [0.25, 0.3) is 0 Å². The monoisotopic (exact) mass is 368 g/mol. The van der Waals surface area contributed by atoms with Crippen molar-refractivity contribution >= 4 is 5.91 Å². The summed E-state index contributed by atoms with van der Waals surface area (Å²) >= 11 is 0. The van der Waals surface area contributed by atoms with Crippen molar-refractivity contribution in [2.45, 2.75) is 124 Å². The van der Waals surface area contributed by atoms with Crippen LogP contribution in [0.5, 0.6) is 0 Å². The van der Waals surface area contributed by atoms with Crippen molar-refractivity contribution in [1.29, 1.82) is 0 Å². The lowest BCUT2D eigenvalue weighted by atomic mass is 10.1. The quantitative estimate of drug-likeness (QED) is 0.271. The first-order chi connectivity index (χ1) is 12.6. The fourth-order valence-electron chi connectivity index (χ4n) is 3.53. The average molecular weight is 369 g/mol. The third-order valence-corrected chi connectivity index (χ3v) is 5.42. The first-order valence-corrected chi connectivity index (χ1v) is 11.7. The maximum absolute atomic E-state index is 12.0. The maximum atomic E-state index is 12.0. The van der Waals surface area contributed by atoms with Gasteiger partial charge in [0.1, 0.15) is 0 Å². The molecule has 0 aliphatic heterocycles. The number of nitrogens with zero attached hydrogens (tertiary/aromatic N) is 1. The first kappa shape index (κ1) is 25.4. The molecule has 0 aliphatic rings. The van der Waals surface area contributed by atoms with Crippen LogP contribution in [0.1, 0.15) is 118 Å². The summed E-state index contributed by atoms with van der Waals surface area (Å²) in [6.07, 6.45) is 17.6. The molecule has 0 aliphatic carbocycles. The molecule has 3 heteroatoms. The lowest BCUT2D eigenvalue weighted by Gasteiger charge is -2.19. The lowest BCUT2D eigenvalue weighted by Crippen LogP contribution is -2.33. The van der Waals surface area contributed by atoms with E-state index in [1.54, 1.807) is 0 Å². The number of nitrogens with one attached hydrogen (secondary N) is 1. The molecule has 0 saturated carbocycles. The highest BCUT2D eigenvalue weighted by Crippen LogP contribution is 2.12. The highest BCUT2D eigenvalue weighted by molar-refractivity contribution is 5.76. The van der Waals surface area contributed by atoms with Crippen molar-refractivity contribution in [3.63, 3.8) is 0 Å². The fraction of sp³-hybridized carbons (Fsp3) is 0.957. The van der Waals surface area contributed by atoms with Crippen LogP contribution in [-0.4, -0.2) is 36.5 Å². The summed E-state index contributed by atoms with van der Waals surface area (Å²) in [4.78, 5) is 14.4. The Bertz CT molecular complexity index is 303. The summed E-state index contributed by atoms with van der Waals surface area (Å²) in [5.74, 6) is 0.247. The van der Waals surface area contributed by atoms with Gasteiger partial charge in [0.25, 0.3) is 0 Å². The minimum absolute atomic E-state index is 0.247. The molecule has 0 aromatic rings. The molecule has 0 aromatic carbocycles. The first-order valence-electron chi connectivity index (χ1n) is 11.7. The number of rotatable bonds is 19. The van der Waals surface area contributed by atoms with Gasteiger partial charge in [-0.25, -0.2) is 0 Å². The van der Waals surface area contributed by atoms with Gasteiger partial charge in [-0.2, -0.15) is 0 Å². The highest BCUT2D eigenvalue weighted by Gasteiger charge is 2.08. The molecule has 3 nitrogen and oxygen atoms in total. The normalized spacial score (nSPS) is 12.5. The maximum Gasteiger partial charge on any atom is 0.220 e.